The van der Waals surface area contributed by atoms with Gasteiger partial charge in [-0.05, 0) is 28.1 Å². The molecule has 0 aliphatic heterocycles. The lowest BCUT2D eigenvalue weighted by molar-refractivity contribution is 0.399. The maximum absolute atomic E-state index is 8.69. The molecule has 0 saturated carbocycles. The predicted molar refractivity (Wildman–Crippen MR) is 66.5 cm³/mol. The minimum absolute atomic E-state index is 0.103. The van der Waals surface area contributed by atoms with Crippen molar-refractivity contribution in [2.75, 3.05) is 6.44 Å². The van der Waals surface area contributed by atoms with Gasteiger partial charge in [0.05, 0.1) is 5.02 Å². The van der Waals surface area contributed by atoms with Gasteiger partial charge >= 0.3 is 7.12 Å². The molecule has 0 saturated heterocycles. The Bertz CT molecular complexity index is 508. The van der Waals surface area contributed by atoms with E-state index in [1.807, 2.05) is 6.07 Å². The van der Waals surface area contributed by atoms with Gasteiger partial charge in [-0.15, -0.1) is 5.10 Å². The molecule has 0 unspecified atom stereocenters. The highest BCUT2D eigenvalue weighted by Gasteiger charge is 2.09. The molecule has 0 fully saturated rings. The van der Waals surface area contributed by atoms with Crippen LogP contribution in [0, 0.1) is 0 Å². The number of halogens is 1. The second-order valence-corrected chi connectivity index (χ2v) is 4.08. The van der Waals surface area contributed by atoms with Crippen molar-refractivity contribution in [1.82, 2.24) is 25.9 Å². The zero-order valence-electron chi connectivity index (χ0n) is 9.34. The van der Waals surface area contributed by atoms with Crippen molar-refractivity contribution in [2.45, 2.75) is 6.54 Å². The SMILES string of the molecule is OB(O)CNCc1ccc(-c2nnn[nH]2)c(Cl)c1. The number of benzene rings is 1. The van der Waals surface area contributed by atoms with Crippen molar-refractivity contribution in [3.05, 3.63) is 28.8 Å². The van der Waals surface area contributed by atoms with E-state index in [1.54, 1.807) is 12.1 Å². The molecule has 0 spiro atoms. The molecular weight excluding hydrogens is 256 g/mol. The molecule has 2 aromatic rings. The summed E-state index contributed by atoms with van der Waals surface area (Å²) in [5, 5.41) is 34.2. The second kappa shape index (κ2) is 5.92. The Morgan fingerprint density at radius 2 is 2.22 bits per heavy atom. The lowest BCUT2D eigenvalue weighted by atomic mass is 9.92. The first-order valence-electron chi connectivity index (χ1n) is 5.26. The van der Waals surface area contributed by atoms with E-state index >= 15 is 0 Å². The van der Waals surface area contributed by atoms with Gasteiger partial charge in [-0.2, -0.15) is 0 Å². The van der Waals surface area contributed by atoms with Crippen LogP contribution in [0.3, 0.4) is 0 Å². The van der Waals surface area contributed by atoms with E-state index in [2.05, 4.69) is 25.9 Å². The zero-order chi connectivity index (χ0) is 13.0. The van der Waals surface area contributed by atoms with Gasteiger partial charge < -0.3 is 15.4 Å². The lowest BCUT2D eigenvalue weighted by Gasteiger charge is -2.06. The van der Waals surface area contributed by atoms with Gasteiger partial charge in [-0.3, -0.25) is 0 Å². The molecule has 0 radical (unpaired) electrons. The van der Waals surface area contributed by atoms with Crippen molar-refractivity contribution < 1.29 is 10.0 Å². The normalized spacial score (nSPS) is 10.6. The minimum Gasteiger partial charge on any atom is -0.426 e. The molecule has 0 atom stereocenters. The smallest absolute Gasteiger partial charge is 0.426 e. The van der Waals surface area contributed by atoms with E-state index in [-0.39, 0.29) is 6.44 Å². The van der Waals surface area contributed by atoms with Crippen LogP contribution < -0.4 is 5.32 Å². The number of nitrogens with zero attached hydrogens (tertiary/aromatic N) is 3. The lowest BCUT2D eigenvalue weighted by Crippen LogP contribution is -2.30. The quantitative estimate of drug-likeness (QED) is 0.550. The van der Waals surface area contributed by atoms with Crippen molar-refractivity contribution in [2.24, 2.45) is 0 Å². The highest BCUT2D eigenvalue weighted by molar-refractivity contribution is 6.41. The summed E-state index contributed by atoms with van der Waals surface area (Å²) in [6, 6.07) is 5.44. The van der Waals surface area contributed by atoms with Crippen LogP contribution in [-0.2, 0) is 6.54 Å². The third-order valence-corrected chi connectivity index (χ3v) is 2.60. The Labute approximate surface area is 108 Å². The number of tetrazole rings is 1. The fourth-order valence-corrected chi connectivity index (χ4v) is 1.77. The molecule has 18 heavy (non-hydrogen) atoms. The summed E-state index contributed by atoms with van der Waals surface area (Å²) < 4.78 is 0. The molecule has 2 rings (SSSR count). The number of aromatic nitrogens is 4. The molecule has 94 valence electrons. The summed E-state index contributed by atoms with van der Waals surface area (Å²) in [6.45, 7) is 0.492. The molecular formula is C9H11BClN5O2. The first-order chi connectivity index (χ1) is 8.66. The van der Waals surface area contributed by atoms with Gasteiger partial charge in [0, 0.05) is 18.6 Å². The van der Waals surface area contributed by atoms with Crippen LogP contribution in [0.5, 0.6) is 0 Å². The Morgan fingerprint density at radius 3 is 2.83 bits per heavy atom. The number of hydrogen-bond donors (Lipinski definition) is 4. The van der Waals surface area contributed by atoms with Crippen LogP contribution in [0.15, 0.2) is 18.2 Å². The van der Waals surface area contributed by atoms with Crippen LogP contribution in [-0.4, -0.2) is 44.2 Å². The van der Waals surface area contributed by atoms with Crippen LogP contribution in [0.25, 0.3) is 11.4 Å². The summed E-state index contributed by atoms with van der Waals surface area (Å²) in [4.78, 5) is 0. The first kappa shape index (κ1) is 13.0. The monoisotopic (exact) mass is 267 g/mol. The average Bonchev–Trinajstić information content (AvgIpc) is 2.82. The maximum atomic E-state index is 8.69. The van der Waals surface area contributed by atoms with Gasteiger partial charge in [0.1, 0.15) is 0 Å². The van der Waals surface area contributed by atoms with E-state index in [1.165, 1.54) is 0 Å². The molecule has 0 bridgehead atoms. The number of aromatic amines is 1. The fraction of sp³-hybridized carbons (Fsp3) is 0.222. The van der Waals surface area contributed by atoms with Gasteiger partial charge in [-0.1, -0.05) is 17.7 Å². The Balaban J connectivity index is 2.06. The number of rotatable bonds is 5. The minimum atomic E-state index is -1.36. The first-order valence-corrected chi connectivity index (χ1v) is 5.64. The predicted octanol–water partition coefficient (Wildman–Crippen LogP) is -0.378. The van der Waals surface area contributed by atoms with E-state index in [4.69, 9.17) is 21.6 Å². The molecule has 0 aliphatic carbocycles. The molecule has 1 aromatic carbocycles. The van der Waals surface area contributed by atoms with Crippen molar-refractivity contribution in [1.29, 1.82) is 0 Å². The maximum Gasteiger partial charge on any atom is 0.466 e. The molecule has 0 aliphatic rings. The van der Waals surface area contributed by atoms with Crippen molar-refractivity contribution >= 4 is 18.7 Å². The Morgan fingerprint density at radius 1 is 1.39 bits per heavy atom. The number of H-pyrrole nitrogens is 1. The third kappa shape index (κ3) is 3.27. The summed E-state index contributed by atoms with van der Waals surface area (Å²) >= 11 is 6.12. The Kier molecular flexibility index (Phi) is 4.26. The molecule has 1 heterocycles. The van der Waals surface area contributed by atoms with Crippen LogP contribution in [0.1, 0.15) is 5.56 Å². The van der Waals surface area contributed by atoms with Gasteiger partial charge in [0.15, 0.2) is 5.82 Å². The molecule has 0 amide bonds. The van der Waals surface area contributed by atoms with E-state index < -0.39 is 7.12 Å². The molecule has 1 aromatic heterocycles. The van der Waals surface area contributed by atoms with E-state index in [9.17, 15) is 0 Å². The summed E-state index contributed by atoms with van der Waals surface area (Å²) in [5.74, 6) is 0.505. The molecule has 7 nitrogen and oxygen atoms in total. The van der Waals surface area contributed by atoms with E-state index in [0.29, 0.717) is 23.0 Å². The molecule has 9 heteroatoms. The van der Waals surface area contributed by atoms with Crippen molar-refractivity contribution in [3.63, 3.8) is 0 Å². The Hall–Kier alpha value is -1.48. The van der Waals surface area contributed by atoms with Crippen LogP contribution >= 0.6 is 11.6 Å². The zero-order valence-corrected chi connectivity index (χ0v) is 10.1. The highest BCUT2D eigenvalue weighted by atomic mass is 35.5. The van der Waals surface area contributed by atoms with Crippen LogP contribution in [0.4, 0.5) is 0 Å². The van der Waals surface area contributed by atoms with E-state index in [0.717, 1.165) is 5.56 Å². The third-order valence-electron chi connectivity index (χ3n) is 2.29. The fourth-order valence-electron chi connectivity index (χ4n) is 1.48. The largest absolute Gasteiger partial charge is 0.466 e. The van der Waals surface area contributed by atoms with Gasteiger partial charge in [0.2, 0.25) is 0 Å². The topological polar surface area (TPSA) is 107 Å². The van der Waals surface area contributed by atoms with Crippen LogP contribution in [0.2, 0.25) is 5.02 Å². The average molecular weight is 267 g/mol. The summed E-state index contributed by atoms with van der Waals surface area (Å²) in [7, 11) is -1.36. The standard InChI is InChI=1S/C9H11BClN5O2/c11-8-3-6(4-12-5-10(17)18)1-2-7(8)9-13-15-16-14-9/h1-3,12,17-18H,4-5H2,(H,13,14,15,16). The van der Waals surface area contributed by atoms with Gasteiger partial charge in [0.25, 0.3) is 0 Å². The number of hydrogen-bond acceptors (Lipinski definition) is 6. The number of nitrogens with one attached hydrogen (secondary N) is 2. The summed E-state index contributed by atoms with van der Waals surface area (Å²) in [5.41, 5.74) is 1.64. The van der Waals surface area contributed by atoms with Crippen molar-refractivity contribution in [3.8, 4) is 11.4 Å². The van der Waals surface area contributed by atoms with Gasteiger partial charge in [-0.25, -0.2) is 5.10 Å². The molecule has 4 N–H and O–H groups in total. The highest BCUT2D eigenvalue weighted by Crippen LogP contribution is 2.25. The second-order valence-electron chi connectivity index (χ2n) is 3.68. The summed E-state index contributed by atoms with van der Waals surface area (Å²) in [6.07, 6.45) is 0.103.